The molecule has 4 aromatic rings. The number of aryl methyl sites for hydroxylation is 4. The summed E-state index contributed by atoms with van der Waals surface area (Å²) in [4.78, 5) is 17.0. The average molecular weight is 419 g/mol. The molecule has 1 N–H and O–H groups in total. The second-order valence-corrected chi connectivity index (χ2v) is 8.13. The number of benzene rings is 2. The van der Waals surface area contributed by atoms with Gasteiger partial charge in [-0.05, 0) is 81.1 Å². The molecule has 2 aromatic carbocycles. The standard InChI is InChI=1S/C22H22N6OS/c1-12-6-8-17(10-14(12)3)21(29)24-22-23-20(26-30-22)19-16(5)28(27-25-19)18-9-7-13(2)15(4)11-18/h6-11H,1-5H3,(H,23,24,26,29). The van der Waals surface area contributed by atoms with Gasteiger partial charge in [-0.1, -0.05) is 17.3 Å². The normalized spacial score (nSPS) is 11.0. The van der Waals surface area contributed by atoms with Crippen molar-refractivity contribution < 1.29 is 4.79 Å². The molecular formula is C22H22N6OS. The number of hydrogen-bond acceptors (Lipinski definition) is 6. The fourth-order valence-corrected chi connectivity index (χ4v) is 3.63. The van der Waals surface area contributed by atoms with Crippen molar-refractivity contribution in [1.82, 2.24) is 24.4 Å². The molecule has 8 heteroatoms. The van der Waals surface area contributed by atoms with Gasteiger partial charge in [0, 0.05) is 17.1 Å². The highest BCUT2D eigenvalue weighted by Gasteiger charge is 2.18. The number of hydrogen-bond donors (Lipinski definition) is 1. The highest BCUT2D eigenvalue weighted by molar-refractivity contribution is 7.10. The lowest BCUT2D eigenvalue weighted by molar-refractivity contribution is 0.102. The molecule has 2 aromatic heterocycles. The van der Waals surface area contributed by atoms with Gasteiger partial charge in [0.25, 0.3) is 5.91 Å². The maximum Gasteiger partial charge on any atom is 0.257 e. The van der Waals surface area contributed by atoms with Crippen molar-refractivity contribution in [3.63, 3.8) is 0 Å². The maximum atomic E-state index is 12.5. The van der Waals surface area contributed by atoms with E-state index < -0.39 is 0 Å². The molecular weight excluding hydrogens is 396 g/mol. The molecule has 0 fully saturated rings. The fourth-order valence-electron chi connectivity index (χ4n) is 3.06. The van der Waals surface area contributed by atoms with E-state index >= 15 is 0 Å². The van der Waals surface area contributed by atoms with Crippen LogP contribution in [0.5, 0.6) is 0 Å². The van der Waals surface area contributed by atoms with Gasteiger partial charge in [-0.3, -0.25) is 10.1 Å². The van der Waals surface area contributed by atoms with Crippen molar-refractivity contribution in [3.05, 3.63) is 69.9 Å². The molecule has 2 heterocycles. The average Bonchev–Trinajstić information content (AvgIpc) is 3.32. The SMILES string of the molecule is Cc1ccc(C(=O)Nc2nc(-c3nnn(-c4ccc(C)c(C)c4)c3C)ns2)cc1C. The summed E-state index contributed by atoms with van der Waals surface area (Å²) in [5, 5.41) is 11.8. The minimum atomic E-state index is -0.212. The molecule has 30 heavy (non-hydrogen) atoms. The molecule has 1 amide bonds. The zero-order chi connectivity index (χ0) is 21.4. The van der Waals surface area contributed by atoms with E-state index in [1.165, 1.54) is 11.1 Å². The third-order valence-electron chi connectivity index (χ3n) is 5.26. The number of nitrogens with zero attached hydrogens (tertiary/aromatic N) is 5. The Morgan fingerprint density at radius 1 is 0.933 bits per heavy atom. The molecule has 7 nitrogen and oxygen atoms in total. The van der Waals surface area contributed by atoms with Crippen LogP contribution in [0.3, 0.4) is 0 Å². The van der Waals surface area contributed by atoms with Gasteiger partial charge < -0.3 is 0 Å². The van der Waals surface area contributed by atoms with E-state index in [0.29, 0.717) is 22.2 Å². The lowest BCUT2D eigenvalue weighted by Gasteiger charge is -2.06. The zero-order valence-corrected chi connectivity index (χ0v) is 18.3. The summed E-state index contributed by atoms with van der Waals surface area (Å²) in [5.74, 6) is 0.235. The zero-order valence-electron chi connectivity index (χ0n) is 17.5. The Balaban J connectivity index is 1.57. The first-order chi connectivity index (χ1) is 14.3. The van der Waals surface area contributed by atoms with Gasteiger partial charge in [-0.2, -0.15) is 9.36 Å². The van der Waals surface area contributed by atoms with E-state index in [0.717, 1.165) is 34.0 Å². The predicted octanol–water partition coefficient (Wildman–Crippen LogP) is 4.58. The van der Waals surface area contributed by atoms with E-state index in [1.54, 1.807) is 10.7 Å². The largest absolute Gasteiger partial charge is 0.297 e. The quantitative estimate of drug-likeness (QED) is 0.524. The summed E-state index contributed by atoms with van der Waals surface area (Å²) in [6.07, 6.45) is 0. The van der Waals surface area contributed by atoms with Crippen molar-refractivity contribution >= 4 is 22.6 Å². The van der Waals surface area contributed by atoms with Crippen molar-refractivity contribution in [2.24, 2.45) is 0 Å². The first-order valence-corrected chi connectivity index (χ1v) is 10.3. The Morgan fingerprint density at radius 2 is 1.63 bits per heavy atom. The van der Waals surface area contributed by atoms with Crippen LogP contribution in [0.1, 0.15) is 38.3 Å². The third kappa shape index (κ3) is 3.73. The molecule has 152 valence electrons. The molecule has 0 aliphatic heterocycles. The van der Waals surface area contributed by atoms with E-state index in [4.69, 9.17) is 0 Å². The van der Waals surface area contributed by atoms with Gasteiger partial charge in [0.1, 0.15) is 0 Å². The summed E-state index contributed by atoms with van der Waals surface area (Å²) >= 11 is 1.12. The maximum absolute atomic E-state index is 12.5. The first-order valence-electron chi connectivity index (χ1n) is 9.56. The van der Waals surface area contributed by atoms with Gasteiger partial charge in [0.05, 0.1) is 11.4 Å². The second kappa shape index (κ2) is 7.79. The summed E-state index contributed by atoms with van der Waals surface area (Å²) in [7, 11) is 0. The number of carbonyl (C=O) groups excluding carboxylic acids is 1. The second-order valence-electron chi connectivity index (χ2n) is 7.38. The molecule has 0 atom stereocenters. The van der Waals surface area contributed by atoms with Crippen molar-refractivity contribution in [2.75, 3.05) is 5.32 Å². The molecule has 4 rings (SSSR count). The molecule has 0 saturated carbocycles. The van der Waals surface area contributed by atoms with E-state index in [9.17, 15) is 4.79 Å². The van der Waals surface area contributed by atoms with Gasteiger partial charge in [-0.25, -0.2) is 4.68 Å². The minimum Gasteiger partial charge on any atom is -0.297 e. The smallest absolute Gasteiger partial charge is 0.257 e. The highest BCUT2D eigenvalue weighted by Crippen LogP contribution is 2.25. The van der Waals surface area contributed by atoms with Crippen LogP contribution in [-0.2, 0) is 0 Å². The minimum absolute atomic E-state index is 0.212. The van der Waals surface area contributed by atoms with Gasteiger partial charge in [-0.15, -0.1) is 5.10 Å². The highest BCUT2D eigenvalue weighted by atomic mass is 32.1. The van der Waals surface area contributed by atoms with Crippen LogP contribution in [0.4, 0.5) is 5.13 Å². The van der Waals surface area contributed by atoms with Crippen LogP contribution in [0.15, 0.2) is 36.4 Å². The predicted molar refractivity (Wildman–Crippen MR) is 118 cm³/mol. The fraction of sp³-hybridized carbons (Fsp3) is 0.227. The van der Waals surface area contributed by atoms with Crippen LogP contribution in [-0.4, -0.2) is 30.3 Å². The number of aromatic nitrogens is 5. The monoisotopic (exact) mass is 418 g/mol. The summed E-state index contributed by atoms with van der Waals surface area (Å²) < 4.78 is 6.14. The number of carbonyl (C=O) groups is 1. The van der Waals surface area contributed by atoms with Crippen LogP contribution in [0.2, 0.25) is 0 Å². The summed E-state index contributed by atoms with van der Waals surface area (Å²) in [5.41, 5.74) is 7.58. The van der Waals surface area contributed by atoms with Crippen molar-refractivity contribution in [2.45, 2.75) is 34.6 Å². The van der Waals surface area contributed by atoms with Gasteiger partial charge >= 0.3 is 0 Å². The van der Waals surface area contributed by atoms with Crippen molar-refractivity contribution in [3.8, 4) is 17.2 Å². The number of anilines is 1. The molecule has 0 saturated heterocycles. The number of rotatable bonds is 4. The Morgan fingerprint density at radius 3 is 2.33 bits per heavy atom. The topological polar surface area (TPSA) is 85.6 Å². The number of amides is 1. The Labute approximate surface area is 179 Å². The van der Waals surface area contributed by atoms with E-state index in [2.05, 4.69) is 51.0 Å². The van der Waals surface area contributed by atoms with E-state index in [1.807, 2.05) is 39.0 Å². The summed E-state index contributed by atoms with van der Waals surface area (Å²) in [6.45, 7) is 10.1. The van der Waals surface area contributed by atoms with Gasteiger partial charge in [0.15, 0.2) is 11.5 Å². The van der Waals surface area contributed by atoms with Gasteiger partial charge in [0.2, 0.25) is 5.13 Å². The molecule has 0 unspecified atom stereocenters. The number of nitrogens with one attached hydrogen (secondary N) is 1. The van der Waals surface area contributed by atoms with Crippen LogP contribution >= 0.6 is 11.5 Å². The lowest BCUT2D eigenvalue weighted by Crippen LogP contribution is -2.12. The van der Waals surface area contributed by atoms with E-state index in [-0.39, 0.29) is 5.91 Å². The first kappa shape index (κ1) is 19.9. The molecule has 0 spiro atoms. The molecule has 0 radical (unpaired) electrons. The molecule has 0 bridgehead atoms. The van der Waals surface area contributed by atoms with Crippen molar-refractivity contribution in [1.29, 1.82) is 0 Å². The third-order valence-corrected chi connectivity index (χ3v) is 5.89. The van der Waals surface area contributed by atoms with Crippen LogP contribution in [0.25, 0.3) is 17.2 Å². The van der Waals surface area contributed by atoms with Crippen LogP contribution in [0, 0.1) is 34.6 Å². The van der Waals surface area contributed by atoms with Crippen LogP contribution < -0.4 is 5.32 Å². The Bertz CT molecular complexity index is 1260. The lowest BCUT2D eigenvalue weighted by atomic mass is 10.1. The Hall–Kier alpha value is -3.39. The summed E-state index contributed by atoms with van der Waals surface area (Å²) in [6, 6.07) is 11.8. The molecule has 0 aliphatic carbocycles. The Kier molecular flexibility index (Phi) is 5.17. The molecule has 0 aliphatic rings.